The average Bonchev–Trinajstić information content (AvgIpc) is 3.14. The molecule has 0 saturated heterocycles. The Morgan fingerprint density at radius 3 is 2.57 bits per heavy atom. The highest BCUT2D eigenvalue weighted by molar-refractivity contribution is 5.99. The molecule has 0 spiro atoms. The zero-order chi connectivity index (χ0) is 21.7. The molecule has 1 aromatic carbocycles. The summed E-state index contributed by atoms with van der Waals surface area (Å²) in [5.41, 5.74) is -0.818. The summed E-state index contributed by atoms with van der Waals surface area (Å²) in [5, 5.41) is 17.6. The molecular formula is C19H21N3O8. The largest absolute Gasteiger partial charge is 0.486 e. The lowest BCUT2D eigenvalue weighted by Gasteiger charge is -2.20. The number of rotatable bonds is 8. The molecule has 3 rings (SSSR count). The van der Waals surface area contributed by atoms with E-state index in [0.29, 0.717) is 12.2 Å². The van der Waals surface area contributed by atoms with E-state index in [-0.39, 0.29) is 42.5 Å². The van der Waals surface area contributed by atoms with Crippen LogP contribution in [0.2, 0.25) is 0 Å². The number of fused-ring (bicyclic) bond motifs is 1. The first-order valence-corrected chi connectivity index (χ1v) is 9.42. The van der Waals surface area contributed by atoms with Gasteiger partial charge in [-0.25, -0.2) is 4.79 Å². The van der Waals surface area contributed by atoms with Gasteiger partial charge >= 0.3 is 5.97 Å². The number of carbonyl (C=O) groups is 2. The fraction of sp³-hybridized carbons (Fsp3) is 0.421. The Morgan fingerprint density at radius 2 is 1.97 bits per heavy atom. The number of nitro groups is 1. The third-order valence-electron chi connectivity index (χ3n) is 4.32. The zero-order valence-electron chi connectivity index (χ0n) is 16.5. The van der Waals surface area contributed by atoms with Crippen LogP contribution in [-0.2, 0) is 9.53 Å². The maximum atomic E-state index is 12.8. The van der Waals surface area contributed by atoms with Crippen molar-refractivity contribution < 1.29 is 33.2 Å². The number of aromatic nitrogens is 1. The second-order valence-electron chi connectivity index (χ2n) is 6.62. The molecule has 1 atom stereocenters. The maximum Gasteiger partial charge on any atom is 0.346 e. The molecule has 1 N–H and O–H groups in total. The van der Waals surface area contributed by atoms with Crippen LogP contribution in [0.15, 0.2) is 22.7 Å². The molecule has 1 unspecified atom stereocenters. The number of nitro benzene ring substituents is 1. The number of nitrogens with one attached hydrogen (secondary N) is 1. The molecule has 11 heteroatoms. The van der Waals surface area contributed by atoms with Crippen LogP contribution >= 0.6 is 0 Å². The van der Waals surface area contributed by atoms with Crippen molar-refractivity contribution in [2.24, 2.45) is 0 Å². The van der Waals surface area contributed by atoms with Crippen LogP contribution < -0.4 is 14.8 Å². The minimum atomic E-state index is -1.16. The van der Waals surface area contributed by atoms with E-state index in [1.165, 1.54) is 12.1 Å². The highest BCUT2D eigenvalue weighted by atomic mass is 16.6. The number of ether oxygens (including phenoxy) is 3. The topological polar surface area (TPSA) is 143 Å². The van der Waals surface area contributed by atoms with E-state index in [2.05, 4.69) is 10.5 Å². The molecule has 0 radical (unpaired) electrons. The quantitative estimate of drug-likeness (QED) is 0.388. The molecule has 0 bridgehead atoms. The Morgan fingerprint density at radius 1 is 1.27 bits per heavy atom. The van der Waals surface area contributed by atoms with Crippen molar-refractivity contribution in [1.29, 1.82) is 0 Å². The third-order valence-corrected chi connectivity index (χ3v) is 4.32. The first kappa shape index (κ1) is 21.1. The van der Waals surface area contributed by atoms with Crippen LogP contribution in [0.25, 0.3) is 0 Å². The Labute approximate surface area is 171 Å². The predicted octanol–water partition coefficient (Wildman–Crippen LogP) is 3.02. The van der Waals surface area contributed by atoms with Crippen molar-refractivity contribution in [3.8, 4) is 11.5 Å². The lowest BCUT2D eigenvalue weighted by molar-refractivity contribution is -0.385. The van der Waals surface area contributed by atoms with Crippen molar-refractivity contribution in [2.75, 3.05) is 18.5 Å². The number of esters is 1. The standard InChI is InChI=1S/C19H21N3O8/c1-3-4-5-14(18(23)20-17-8-11(2)30-21-17)29-19(24)12-9-15-16(28-7-6-27-15)10-13(12)22(25)26/h8-10,14H,3-7H2,1-2H3,(H,20,21,23). The SMILES string of the molecule is CCCCC(OC(=O)c1cc2c(cc1[N+](=O)[O-])OCCO2)C(=O)Nc1cc(C)on1. The molecule has 0 aliphatic carbocycles. The Kier molecular flexibility index (Phi) is 6.50. The van der Waals surface area contributed by atoms with Gasteiger partial charge in [-0.1, -0.05) is 18.5 Å². The molecular weight excluding hydrogens is 398 g/mol. The maximum absolute atomic E-state index is 12.8. The second-order valence-corrected chi connectivity index (χ2v) is 6.62. The summed E-state index contributed by atoms with van der Waals surface area (Å²) in [7, 11) is 0. The summed E-state index contributed by atoms with van der Waals surface area (Å²) in [6.45, 7) is 4.08. The number of benzene rings is 1. The summed E-state index contributed by atoms with van der Waals surface area (Å²) < 4.78 is 21.0. The predicted molar refractivity (Wildman–Crippen MR) is 103 cm³/mol. The molecule has 1 aromatic heterocycles. The van der Waals surface area contributed by atoms with Gasteiger partial charge in [0.15, 0.2) is 23.4 Å². The fourth-order valence-electron chi connectivity index (χ4n) is 2.85. The highest BCUT2D eigenvalue weighted by Gasteiger charge is 2.31. The number of amides is 1. The van der Waals surface area contributed by atoms with Gasteiger partial charge in [-0.05, 0) is 19.8 Å². The van der Waals surface area contributed by atoms with Crippen LogP contribution in [0, 0.1) is 17.0 Å². The number of anilines is 1. The molecule has 160 valence electrons. The molecule has 1 amide bonds. The molecule has 2 aromatic rings. The van der Waals surface area contributed by atoms with Crippen molar-refractivity contribution in [3.63, 3.8) is 0 Å². The van der Waals surface area contributed by atoms with E-state index in [1.807, 2.05) is 6.92 Å². The van der Waals surface area contributed by atoms with E-state index in [9.17, 15) is 19.7 Å². The minimum Gasteiger partial charge on any atom is -0.486 e. The van der Waals surface area contributed by atoms with E-state index in [4.69, 9.17) is 18.7 Å². The normalized spacial score (nSPS) is 13.4. The van der Waals surface area contributed by atoms with Crippen molar-refractivity contribution >= 4 is 23.4 Å². The molecule has 2 heterocycles. The van der Waals surface area contributed by atoms with E-state index in [0.717, 1.165) is 12.5 Å². The summed E-state index contributed by atoms with van der Waals surface area (Å²) in [6, 6.07) is 3.83. The number of carbonyl (C=O) groups excluding carboxylic acids is 2. The highest BCUT2D eigenvalue weighted by Crippen LogP contribution is 2.37. The number of hydrogen-bond donors (Lipinski definition) is 1. The van der Waals surface area contributed by atoms with Gasteiger partial charge in [0.1, 0.15) is 24.5 Å². The van der Waals surface area contributed by atoms with Gasteiger partial charge in [-0.15, -0.1) is 0 Å². The van der Waals surface area contributed by atoms with E-state index < -0.39 is 28.6 Å². The Hall–Kier alpha value is -3.63. The van der Waals surface area contributed by atoms with Crippen molar-refractivity contribution in [1.82, 2.24) is 5.16 Å². The third kappa shape index (κ3) is 4.85. The van der Waals surface area contributed by atoms with Crippen LogP contribution in [0.4, 0.5) is 11.5 Å². The average molecular weight is 419 g/mol. The molecule has 1 aliphatic rings. The number of nitrogens with zero attached hydrogens (tertiary/aromatic N) is 2. The van der Waals surface area contributed by atoms with Crippen LogP contribution in [0.5, 0.6) is 11.5 Å². The minimum absolute atomic E-state index is 0.172. The van der Waals surface area contributed by atoms with Gasteiger partial charge < -0.3 is 24.1 Å². The Bertz CT molecular complexity index is 955. The van der Waals surface area contributed by atoms with Gasteiger partial charge in [0.05, 0.1) is 11.0 Å². The number of unbranched alkanes of at least 4 members (excludes halogenated alkanes) is 1. The van der Waals surface area contributed by atoms with Crippen molar-refractivity contribution in [3.05, 3.63) is 39.6 Å². The van der Waals surface area contributed by atoms with Gasteiger partial charge in [-0.2, -0.15) is 0 Å². The second kappa shape index (κ2) is 9.25. The zero-order valence-corrected chi connectivity index (χ0v) is 16.5. The lowest BCUT2D eigenvalue weighted by Crippen LogP contribution is -2.33. The summed E-state index contributed by atoms with van der Waals surface area (Å²) in [5.74, 6) is -0.561. The molecule has 0 saturated carbocycles. The summed E-state index contributed by atoms with van der Waals surface area (Å²) in [6.07, 6.45) is 0.437. The summed E-state index contributed by atoms with van der Waals surface area (Å²) in [4.78, 5) is 36.1. The van der Waals surface area contributed by atoms with E-state index >= 15 is 0 Å². The van der Waals surface area contributed by atoms with Crippen molar-refractivity contribution in [2.45, 2.75) is 39.2 Å². The smallest absolute Gasteiger partial charge is 0.346 e. The van der Waals surface area contributed by atoms with Gasteiger partial charge in [-0.3, -0.25) is 14.9 Å². The molecule has 1 aliphatic heterocycles. The summed E-state index contributed by atoms with van der Waals surface area (Å²) >= 11 is 0. The van der Waals surface area contributed by atoms with Gasteiger partial charge in [0.2, 0.25) is 0 Å². The Balaban J connectivity index is 1.82. The molecule has 0 fully saturated rings. The number of aryl methyl sites for hydroxylation is 1. The van der Waals surface area contributed by atoms with Gasteiger partial charge in [0.25, 0.3) is 11.6 Å². The fourth-order valence-corrected chi connectivity index (χ4v) is 2.85. The van der Waals surface area contributed by atoms with Crippen LogP contribution in [0.1, 0.15) is 42.3 Å². The molecule has 30 heavy (non-hydrogen) atoms. The van der Waals surface area contributed by atoms with Gasteiger partial charge in [0, 0.05) is 12.1 Å². The lowest BCUT2D eigenvalue weighted by atomic mass is 10.1. The molecule has 11 nitrogen and oxygen atoms in total. The van der Waals surface area contributed by atoms with E-state index in [1.54, 1.807) is 6.92 Å². The van der Waals surface area contributed by atoms with Crippen LogP contribution in [-0.4, -0.2) is 41.3 Å². The number of hydrogen-bond acceptors (Lipinski definition) is 9. The monoisotopic (exact) mass is 419 g/mol. The first-order valence-electron chi connectivity index (χ1n) is 9.42. The van der Waals surface area contributed by atoms with Crippen LogP contribution in [0.3, 0.4) is 0 Å². The first-order chi connectivity index (χ1) is 14.4.